The highest BCUT2D eigenvalue weighted by atomic mass is 16.6. The van der Waals surface area contributed by atoms with Gasteiger partial charge in [0.05, 0.1) is 6.26 Å². The van der Waals surface area contributed by atoms with Crippen molar-refractivity contribution < 1.29 is 19.7 Å². The third-order valence-corrected chi connectivity index (χ3v) is 0.488. The van der Waals surface area contributed by atoms with E-state index in [9.17, 15) is 4.79 Å². The van der Waals surface area contributed by atoms with Gasteiger partial charge in [-0.1, -0.05) is 0 Å². The Labute approximate surface area is 51.3 Å². The summed E-state index contributed by atoms with van der Waals surface area (Å²) in [6.45, 7) is 0. The van der Waals surface area contributed by atoms with Crippen LogP contribution in [0, 0.1) is 0 Å². The maximum atomic E-state index is 9.81. The summed E-state index contributed by atoms with van der Waals surface area (Å²) in [5.41, 5.74) is 4.49. The summed E-state index contributed by atoms with van der Waals surface area (Å²) < 4.78 is 3.94. The summed E-state index contributed by atoms with van der Waals surface area (Å²) in [6, 6.07) is 0. The Kier molecular flexibility index (Phi) is 3.22. The van der Waals surface area contributed by atoms with Crippen molar-refractivity contribution in [3.63, 3.8) is 0 Å². The highest BCUT2D eigenvalue weighted by molar-refractivity contribution is 5.64. The van der Waals surface area contributed by atoms with Crippen LogP contribution in [0.5, 0.6) is 0 Å². The van der Waals surface area contributed by atoms with Crippen molar-refractivity contribution in [3.8, 4) is 0 Å². The van der Waals surface area contributed by atoms with Crippen molar-refractivity contribution in [2.45, 2.75) is 6.29 Å². The zero-order chi connectivity index (χ0) is 7.28. The van der Waals surface area contributed by atoms with Crippen molar-refractivity contribution in [2.75, 3.05) is 0 Å². The average molecular weight is 133 g/mol. The average Bonchev–Trinajstić information content (AvgIpc) is 1.63. The van der Waals surface area contributed by atoms with Crippen LogP contribution in [0.25, 0.3) is 0 Å². The minimum absolute atomic E-state index is 0.549. The van der Waals surface area contributed by atoms with Crippen LogP contribution in [-0.2, 0) is 4.74 Å². The van der Waals surface area contributed by atoms with E-state index in [1.165, 1.54) is 0 Å². The normalized spacial score (nSPS) is 13.4. The summed E-state index contributed by atoms with van der Waals surface area (Å²) in [5.74, 6) is 0. The number of hydrogen-bond acceptors (Lipinski definition) is 4. The van der Waals surface area contributed by atoms with E-state index in [0.29, 0.717) is 6.26 Å². The lowest BCUT2D eigenvalue weighted by Gasteiger charge is -2.02. The van der Waals surface area contributed by atoms with Gasteiger partial charge in [-0.05, 0) is 0 Å². The molecular formula is C4H7NO4. The zero-order valence-corrected chi connectivity index (χ0v) is 4.52. The number of rotatable bonds is 2. The van der Waals surface area contributed by atoms with E-state index in [4.69, 9.17) is 10.2 Å². The number of aliphatic hydroxyl groups excluding tert-OH is 2. The second-order valence-electron chi connectivity index (χ2n) is 1.17. The van der Waals surface area contributed by atoms with Gasteiger partial charge in [-0.25, -0.2) is 4.79 Å². The highest BCUT2D eigenvalue weighted by Crippen LogP contribution is 1.86. The molecule has 0 aromatic carbocycles. The van der Waals surface area contributed by atoms with Gasteiger partial charge in [-0.15, -0.1) is 0 Å². The van der Waals surface area contributed by atoms with E-state index < -0.39 is 12.4 Å². The molecule has 0 aliphatic rings. The predicted octanol–water partition coefficient (Wildman–Crippen LogP) is -0.528. The van der Waals surface area contributed by atoms with Crippen molar-refractivity contribution >= 4 is 6.09 Å². The Bertz CT molecular complexity index is 122. The lowest BCUT2D eigenvalue weighted by Crippen LogP contribution is -2.20. The molecule has 1 amide bonds. The Morgan fingerprint density at radius 2 is 2.33 bits per heavy atom. The van der Waals surface area contributed by atoms with Crippen LogP contribution < -0.4 is 5.73 Å². The molecule has 1 atom stereocenters. The third kappa shape index (κ3) is 4.63. The number of amides is 1. The van der Waals surface area contributed by atoms with E-state index in [0.717, 1.165) is 6.08 Å². The summed E-state index contributed by atoms with van der Waals surface area (Å²) in [7, 11) is 0. The molecule has 0 radical (unpaired) electrons. The van der Waals surface area contributed by atoms with Crippen LogP contribution in [0.1, 0.15) is 0 Å². The topological polar surface area (TPSA) is 92.8 Å². The molecule has 0 saturated carbocycles. The molecule has 52 valence electrons. The fourth-order valence-corrected chi connectivity index (χ4v) is 0.232. The Hall–Kier alpha value is -1.23. The smallest absolute Gasteiger partial charge is 0.407 e. The Morgan fingerprint density at radius 1 is 1.78 bits per heavy atom. The highest BCUT2D eigenvalue weighted by Gasteiger charge is 2.00. The SMILES string of the molecule is NC(=O)OC(O)C=CO. The fourth-order valence-electron chi connectivity index (χ4n) is 0.232. The molecule has 0 rings (SSSR count). The standard InChI is InChI=1S/C4H7NO4/c5-4(8)9-3(7)1-2-6/h1-3,6-7H,(H2,5,8). The van der Waals surface area contributed by atoms with E-state index in [2.05, 4.69) is 10.5 Å². The van der Waals surface area contributed by atoms with Crippen LogP contribution in [0.4, 0.5) is 4.79 Å². The molecular weight excluding hydrogens is 126 g/mol. The Morgan fingerprint density at radius 3 is 2.67 bits per heavy atom. The second-order valence-corrected chi connectivity index (χ2v) is 1.17. The molecule has 0 fully saturated rings. The molecule has 0 aliphatic heterocycles. The van der Waals surface area contributed by atoms with Crippen LogP contribution in [0.3, 0.4) is 0 Å². The van der Waals surface area contributed by atoms with Gasteiger partial charge in [0.15, 0.2) is 0 Å². The molecule has 0 spiro atoms. The summed E-state index contributed by atoms with van der Waals surface area (Å²) >= 11 is 0. The fraction of sp³-hybridized carbons (Fsp3) is 0.250. The molecule has 4 N–H and O–H groups in total. The number of carbonyl (C=O) groups excluding carboxylic acids is 1. The number of nitrogens with two attached hydrogens (primary N) is 1. The van der Waals surface area contributed by atoms with Crippen LogP contribution in [0.15, 0.2) is 12.3 Å². The summed E-state index contributed by atoms with van der Waals surface area (Å²) in [5, 5.41) is 16.4. The van der Waals surface area contributed by atoms with Gasteiger partial charge in [0.2, 0.25) is 6.29 Å². The maximum absolute atomic E-state index is 9.81. The first kappa shape index (κ1) is 7.77. The Balaban J connectivity index is 3.50. The van der Waals surface area contributed by atoms with Gasteiger partial charge >= 0.3 is 6.09 Å². The van der Waals surface area contributed by atoms with E-state index in [1.807, 2.05) is 0 Å². The van der Waals surface area contributed by atoms with Crippen molar-refractivity contribution in [3.05, 3.63) is 12.3 Å². The van der Waals surface area contributed by atoms with Gasteiger partial charge in [-0.2, -0.15) is 0 Å². The van der Waals surface area contributed by atoms with E-state index >= 15 is 0 Å². The molecule has 0 aromatic rings. The zero-order valence-electron chi connectivity index (χ0n) is 4.52. The number of hydrogen-bond donors (Lipinski definition) is 3. The minimum Gasteiger partial charge on any atom is -0.516 e. The predicted molar refractivity (Wildman–Crippen MR) is 28.4 cm³/mol. The van der Waals surface area contributed by atoms with Crippen molar-refractivity contribution in [2.24, 2.45) is 5.73 Å². The molecule has 0 bridgehead atoms. The molecule has 0 aromatic heterocycles. The summed E-state index contributed by atoms with van der Waals surface area (Å²) in [6.07, 6.45) is -1.16. The minimum atomic E-state index is -1.47. The van der Waals surface area contributed by atoms with Crippen LogP contribution >= 0.6 is 0 Å². The number of ether oxygens (including phenoxy) is 1. The van der Waals surface area contributed by atoms with Gasteiger partial charge in [0.25, 0.3) is 0 Å². The monoisotopic (exact) mass is 133 g/mol. The van der Waals surface area contributed by atoms with Gasteiger partial charge < -0.3 is 20.7 Å². The first-order valence-corrected chi connectivity index (χ1v) is 2.12. The van der Waals surface area contributed by atoms with E-state index in [-0.39, 0.29) is 0 Å². The molecule has 9 heavy (non-hydrogen) atoms. The van der Waals surface area contributed by atoms with E-state index in [1.54, 1.807) is 0 Å². The van der Waals surface area contributed by atoms with Crippen molar-refractivity contribution in [1.82, 2.24) is 0 Å². The largest absolute Gasteiger partial charge is 0.516 e. The molecule has 5 nitrogen and oxygen atoms in total. The molecule has 0 aliphatic carbocycles. The third-order valence-electron chi connectivity index (χ3n) is 0.488. The molecule has 0 saturated heterocycles. The van der Waals surface area contributed by atoms with Crippen LogP contribution in [-0.4, -0.2) is 22.6 Å². The maximum Gasteiger partial charge on any atom is 0.407 e. The summed E-state index contributed by atoms with van der Waals surface area (Å²) in [4.78, 5) is 9.81. The van der Waals surface area contributed by atoms with Gasteiger partial charge in [0, 0.05) is 6.08 Å². The first-order valence-electron chi connectivity index (χ1n) is 2.12. The van der Waals surface area contributed by atoms with Gasteiger partial charge in [-0.3, -0.25) is 0 Å². The first-order chi connectivity index (χ1) is 4.16. The molecule has 0 heterocycles. The van der Waals surface area contributed by atoms with Gasteiger partial charge in [0.1, 0.15) is 0 Å². The lowest BCUT2D eigenvalue weighted by atomic mass is 10.6. The number of carbonyl (C=O) groups is 1. The molecule has 5 heteroatoms. The lowest BCUT2D eigenvalue weighted by molar-refractivity contribution is -0.0127. The van der Waals surface area contributed by atoms with Crippen molar-refractivity contribution in [1.29, 1.82) is 0 Å². The quantitative estimate of drug-likeness (QED) is 0.348. The number of aliphatic hydroxyl groups is 2. The van der Waals surface area contributed by atoms with Crippen LogP contribution in [0.2, 0.25) is 0 Å². The molecule has 1 unspecified atom stereocenters. The number of primary amides is 1. The second kappa shape index (κ2) is 3.73.